The molecular weight excluding hydrogens is 246 g/mol. The number of rotatable bonds is 3. The van der Waals surface area contributed by atoms with Gasteiger partial charge in [-0.1, -0.05) is 15.9 Å². The van der Waals surface area contributed by atoms with Crippen LogP contribution in [-0.4, -0.2) is 7.11 Å². The van der Waals surface area contributed by atoms with Crippen LogP contribution in [0.25, 0.3) is 0 Å². The number of benzene rings is 1. The molecule has 0 bridgehead atoms. The van der Waals surface area contributed by atoms with Gasteiger partial charge in [0, 0.05) is 10.0 Å². The van der Waals surface area contributed by atoms with Crippen molar-refractivity contribution in [3.05, 3.63) is 28.2 Å². The van der Waals surface area contributed by atoms with E-state index in [9.17, 15) is 0 Å². The maximum absolute atomic E-state index is 5.24. The van der Waals surface area contributed by atoms with E-state index in [2.05, 4.69) is 15.9 Å². The third-order valence-electron chi connectivity index (χ3n) is 2.12. The van der Waals surface area contributed by atoms with Crippen LogP contribution >= 0.6 is 15.9 Å². The van der Waals surface area contributed by atoms with Crippen LogP contribution < -0.4 is 10.6 Å². The van der Waals surface area contributed by atoms with E-state index < -0.39 is 5.60 Å². The van der Waals surface area contributed by atoms with Gasteiger partial charge in [-0.15, -0.1) is 0 Å². The Morgan fingerprint density at radius 3 is 2.50 bits per heavy atom. The van der Waals surface area contributed by atoms with Gasteiger partial charge in [-0.3, -0.25) is 4.84 Å². The van der Waals surface area contributed by atoms with Gasteiger partial charge in [0.1, 0.15) is 11.4 Å². The van der Waals surface area contributed by atoms with E-state index in [0.717, 1.165) is 15.8 Å². The van der Waals surface area contributed by atoms with Crippen molar-refractivity contribution in [3.8, 4) is 5.75 Å². The fourth-order valence-electron chi connectivity index (χ4n) is 1.16. The summed E-state index contributed by atoms with van der Waals surface area (Å²) in [6.45, 7) is 3.79. The molecule has 0 atom stereocenters. The summed E-state index contributed by atoms with van der Waals surface area (Å²) in [5.74, 6) is 6.02. The molecule has 0 saturated heterocycles. The second-order valence-corrected chi connectivity index (χ2v) is 4.33. The van der Waals surface area contributed by atoms with E-state index in [4.69, 9.17) is 15.5 Å². The Bertz CT molecular complexity index is 326. The van der Waals surface area contributed by atoms with Crippen molar-refractivity contribution < 1.29 is 9.57 Å². The van der Waals surface area contributed by atoms with Gasteiger partial charge in [-0.05, 0) is 32.0 Å². The molecule has 14 heavy (non-hydrogen) atoms. The maximum atomic E-state index is 5.24. The van der Waals surface area contributed by atoms with Gasteiger partial charge < -0.3 is 4.74 Å². The molecule has 0 aliphatic rings. The summed E-state index contributed by atoms with van der Waals surface area (Å²) in [7, 11) is 1.63. The number of hydrogen-bond acceptors (Lipinski definition) is 3. The molecule has 0 aliphatic heterocycles. The Hall–Kier alpha value is -0.580. The van der Waals surface area contributed by atoms with E-state index >= 15 is 0 Å². The highest BCUT2D eigenvalue weighted by molar-refractivity contribution is 9.10. The van der Waals surface area contributed by atoms with Crippen LogP contribution in [0.3, 0.4) is 0 Å². The lowest BCUT2D eigenvalue weighted by molar-refractivity contribution is -0.0242. The van der Waals surface area contributed by atoms with E-state index in [1.807, 2.05) is 32.0 Å². The lowest BCUT2D eigenvalue weighted by Crippen LogP contribution is -2.25. The largest absolute Gasteiger partial charge is 0.497 e. The molecule has 0 saturated carbocycles. The standard InChI is InChI=1S/C10H14BrNO2/c1-10(2,14-12)8-6-7(13-3)4-5-9(8)11/h4-6H,12H2,1-3H3. The molecule has 0 heterocycles. The molecule has 0 spiro atoms. The molecule has 0 unspecified atom stereocenters. The predicted molar refractivity (Wildman–Crippen MR) is 59.0 cm³/mol. The summed E-state index contributed by atoms with van der Waals surface area (Å²) in [6, 6.07) is 5.69. The van der Waals surface area contributed by atoms with E-state index in [-0.39, 0.29) is 0 Å². The molecular formula is C10H14BrNO2. The zero-order valence-corrected chi connectivity index (χ0v) is 10.1. The van der Waals surface area contributed by atoms with Crippen molar-refractivity contribution in [3.63, 3.8) is 0 Å². The minimum absolute atomic E-state index is 0.534. The molecule has 0 fully saturated rings. The highest BCUT2D eigenvalue weighted by Gasteiger charge is 2.23. The first-order valence-electron chi connectivity index (χ1n) is 4.23. The lowest BCUT2D eigenvalue weighted by Gasteiger charge is -2.24. The van der Waals surface area contributed by atoms with Crippen molar-refractivity contribution in [1.82, 2.24) is 0 Å². The van der Waals surface area contributed by atoms with E-state index in [1.54, 1.807) is 7.11 Å². The fourth-order valence-corrected chi connectivity index (χ4v) is 1.88. The first-order chi connectivity index (χ1) is 6.51. The summed E-state index contributed by atoms with van der Waals surface area (Å²) in [4.78, 5) is 4.92. The van der Waals surface area contributed by atoms with Crippen LogP contribution in [-0.2, 0) is 10.4 Å². The summed E-state index contributed by atoms with van der Waals surface area (Å²) in [5.41, 5.74) is 0.423. The molecule has 1 aromatic rings. The minimum Gasteiger partial charge on any atom is -0.497 e. The molecule has 0 aliphatic carbocycles. The molecule has 0 radical (unpaired) electrons. The summed E-state index contributed by atoms with van der Waals surface area (Å²) < 4.78 is 6.08. The van der Waals surface area contributed by atoms with Gasteiger partial charge in [-0.2, -0.15) is 0 Å². The molecule has 78 valence electrons. The lowest BCUT2D eigenvalue weighted by atomic mass is 9.98. The Morgan fingerprint density at radius 1 is 1.36 bits per heavy atom. The summed E-state index contributed by atoms with van der Waals surface area (Å²) in [6.07, 6.45) is 0. The normalized spacial score (nSPS) is 11.5. The number of ether oxygens (including phenoxy) is 1. The predicted octanol–water partition coefficient (Wildman–Crippen LogP) is 2.58. The van der Waals surface area contributed by atoms with Crippen molar-refractivity contribution >= 4 is 15.9 Å². The van der Waals surface area contributed by atoms with E-state index in [1.165, 1.54) is 0 Å². The third-order valence-corrected chi connectivity index (χ3v) is 2.81. The Morgan fingerprint density at radius 2 is 2.00 bits per heavy atom. The number of methoxy groups -OCH3 is 1. The first kappa shape index (κ1) is 11.5. The number of halogens is 1. The topological polar surface area (TPSA) is 44.5 Å². The van der Waals surface area contributed by atoms with Gasteiger partial charge in [0.25, 0.3) is 0 Å². The average Bonchev–Trinajstić information content (AvgIpc) is 2.18. The van der Waals surface area contributed by atoms with Gasteiger partial charge in [-0.25, -0.2) is 5.90 Å². The van der Waals surface area contributed by atoms with Crippen LogP contribution in [0.2, 0.25) is 0 Å². The van der Waals surface area contributed by atoms with Crippen LogP contribution in [0.15, 0.2) is 22.7 Å². The zero-order valence-electron chi connectivity index (χ0n) is 8.50. The monoisotopic (exact) mass is 259 g/mol. The molecule has 3 nitrogen and oxygen atoms in total. The van der Waals surface area contributed by atoms with Crippen LogP contribution in [0.4, 0.5) is 0 Å². The minimum atomic E-state index is -0.534. The van der Waals surface area contributed by atoms with Crippen molar-refractivity contribution in [1.29, 1.82) is 0 Å². The first-order valence-corrected chi connectivity index (χ1v) is 5.02. The van der Waals surface area contributed by atoms with E-state index in [0.29, 0.717) is 0 Å². The van der Waals surface area contributed by atoms with Crippen molar-refractivity contribution in [2.75, 3.05) is 7.11 Å². The fraction of sp³-hybridized carbons (Fsp3) is 0.400. The van der Waals surface area contributed by atoms with Crippen molar-refractivity contribution in [2.45, 2.75) is 19.4 Å². The average molecular weight is 260 g/mol. The Labute approximate surface area is 92.3 Å². The third kappa shape index (κ3) is 2.26. The Kier molecular flexibility index (Phi) is 3.53. The van der Waals surface area contributed by atoms with Gasteiger partial charge in [0.15, 0.2) is 0 Å². The van der Waals surface area contributed by atoms with Crippen LogP contribution in [0, 0.1) is 0 Å². The smallest absolute Gasteiger partial charge is 0.119 e. The highest BCUT2D eigenvalue weighted by atomic mass is 79.9. The molecule has 1 rings (SSSR count). The molecule has 2 N–H and O–H groups in total. The zero-order chi connectivity index (χ0) is 10.8. The molecule has 0 amide bonds. The maximum Gasteiger partial charge on any atom is 0.119 e. The summed E-state index contributed by atoms with van der Waals surface area (Å²) >= 11 is 3.45. The molecule has 1 aromatic carbocycles. The SMILES string of the molecule is COc1ccc(Br)c(C(C)(C)ON)c1. The van der Waals surface area contributed by atoms with Crippen LogP contribution in [0.5, 0.6) is 5.75 Å². The van der Waals surface area contributed by atoms with Gasteiger partial charge >= 0.3 is 0 Å². The number of nitrogens with two attached hydrogens (primary N) is 1. The quantitative estimate of drug-likeness (QED) is 0.849. The molecule has 4 heteroatoms. The van der Waals surface area contributed by atoms with Gasteiger partial charge in [0.2, 0.25) is 0 Å². The van der Waals surface area contributed by atoms with Crippen molar-refractivity contribution in [2.24, 2.45) is 5.90 Å². The summed E-state index contributed by atoms with van der Waals surface area (Å²) in [5, 5.41) is 0. The second-order valence-electron chi connectivity index (χ2n) is 3.47. The molecule has 0 aromatic heterocycles. The Balaban J connectivity index is 3.18. The number of hydrogen-bond donors (Lipinski definition) is 1. The second kappa shape index (κ2) is 4.29. The van der Waals surface area contributed by atoms with Gasteiger partial charge in [0.05, 0.1) is 7.11 Å². The highest BCUT2D eigenvalue weighted by Crippen LogP contribution is 2.32. The van der Waals surface area contributed by atoms with Crippen LogP contribution in [0.1, 0.15) is 19.4 Å².